The van der Waals surface area contributed by atoms with Gasteiger partial charge in [-0.1, -0.05) is 11.6 Å². The molecule has 0 spiro atoms. The van der Waals surface area contributed by atoms with Gasteiger partial charge in [0.2, 0.25) is 5.88 Å². The monoisotopic (exact) mass is 606 g/mol. The Morgan fingerprint density at radius 3 is 2.63 bits per heavy atom. The normalized spacial score (nSPS) is 18.5. The number of β-amino-alcohol motifs (C(OH)–C–C–N with tert-alkyl or cyclic N) is 1. The van der Waals surface area contributed by atoms with Crippen LogP contribution in [0.1, 0.15) is 26.0 Å². The topological polar surface area (TPSA) is 133 Å². The van der Waals surface area contributed by atoms with Crippen molar-refractivity contribution in [3.05, 3.63) is 59.0 Å². The minimum Gasteiger partial charge on any atom is -0.471 e. The van der Waals surface area contributed by atoms with E-state index in [2.05, 4.69) is 24.9 Å². The number of hydrogen-bond acceptors (Lipinski definition) is 8. The summed E-state index contributed by atoms with van der Waals surface area (Å²) in [5.41, 5.74) is 0.766. The van der Waals surface area contributed by atoms with Gasteiger partial charge in [0, 0.05) is 35.9 Å². The van der Waals surface area contributed by atoms with Crippen molar-refractivity contribution in [1.82, 2.24) is 25.1 Å². The quantitative estimate of drug-likeness (QED) is 0.267. The summed E-state index contributed by atoms with van der Waals surface area (Å²) in [5, 5.41) is 17.7. The summed E-state index contributed by atoms with van der Waals surface area (Å²) in [4.78, 5) is 10.4. The second-order valence-corrected chi connectivity index (χ2v) is 12.7. The maximum absolute atomic E-state index is 15.2. The summed E-state index contributed by atoms with van der Waals surface area (Å²) in [6.07, 6.45) is -1.66. The third-order valence-corrected chi connectivity index (χ3v) is 8.22. The van der Waals surface area contributed by atoms with E-state index >= 15 is 4.39 Å². The van der Waals surface area contributed by atoms with Crippen LogP contribution in [-0.2, 0) is 10.0 Å². The molecule has 14 heteroatoms. The van der Waals surface area contributed by atoms with E-state index in [4.69, 9.17) is 16.3 Å². The number of anilines is 1. The summed E-state index contributed by atoms with van der Waals surface area (Å²) < 4.78 is 63.2. The number of halogens is 3. The molecule has 5 rings (SSSR count). The molecule has 3 heterocycles. The molecule has 41 heavy (non-hydrogen) atoms. The number of aryl methyl sites for hydroxylation is 1. The lowest BCUT2D eigenvalue weighted by Crippen LogP contribution is -2.50. The number of fused-ring (bicyclic) bond motifs is 1. The van der Waals surface area contributed by atoms with Gasteiger partial charge in [-0.2, -0.15) is 10.1 Å². The van der Waals surface area contributed by atoms with Crippen molar-refractivity contribution in [2.45, 2.75) is 50.0 Å². The van der Waals surface area contributed by atoms with Crippen LogP contribution in [-0.4, -0.2) is 76.1 Å². The van der Waals surface area contributed by atoms with Crippen molar-refractivity contribution < 1.29 is 27.0 Å². The molecule has 0 aliphatic carbocycles. The average Bonchev–Trinajstić information content (AvgIpc) is 3.27. The smallest absolute Gasteiger partial charge is 0.264 e. The summed E-state index contributed by atoms with van der Waals surface area (Å²) in [7, 11) is -4.24. The average molecular weight is 607 g/mol. The lowest BCUT2D eigenvalue weighted by Gasteiger charge is -2.37. The molecule has 1 aliphatic rings. The number of aliphatic hydroxyl groups is 1. The minimum absolute atomic E-state index is 0.0838. The number of nitrogens with one attached hydrogen (secondary N) is 2. The zero-order valence-corrected chi connectivity index (χ0v) is 24.1. The van der Waals surface area contributed by atoms with E-state index in [0.717, 1.165) is 12.1 Å². The van der Waals surface area contributed by atoms with Gasteiger partial charge in [-0.05, 0) is 69.7 Å². The summed E-state index contributed by atoms with van der Waals surface area (Å²) in [6, 6.07) is 9.42. The largest absolute Gasteiger partial charge is 0.471 e. The lowest BCUT2D eigenvalue weighted by atomic mass is 10.0. The SMILES string of the molecule is Cc1n[nH]c2nc(-c3ccc(NS(=O)(=O)c4cc(Cl)ccc4F)cc3)nc(O[C@@H]3CCN(CC(C)(C)O)C[C@@H]3F)c12. The summed E-state index contributed by atoms with van der Waals surface area (Å²) >= 11 is 5.85. The first-order valence-electron chi connectivity index (χ1n) is 12.9. The molecule has 1 saturated heterocycles. The Morgan fingerprint density at radius 2 is 1.95 bits per heavy atom. The van der Waals surface area contributed by atoms with Crippen LogP contribution in [0.2, 0.25) is 5.02 Å². The summed E-state index contributed by atoms with van der Waals surface area (Å²) in [5.74, 6) is -0.497. The molecule has 0 saturated carbocycles. The highest BCUT2D eigenvalue weighted by atomic mass is 35.5. The molecule has 2 atom stereocenters. The number of rotatable bonds is 8. The second-order valence-electron chi connectivity index (χ2n) is 10.7. The number of alkyl halides is 1. The van der Waals surface area contributed by atoms with Gasteiger partial charge in [0.25, 0.3) is 10.0 Å². The highest BCUT2D eigenvalue weighted by Crippen LogP contribution is 2.31. The number of piperidine rings is 1. The van der Waals surface area contributed by atoms with E-state index in [1.54, 1.807) is 32.9 Å². The fraction of sp³-hybridized carbons (Fsp3) is 0.370. The number of aromatic amines is 1. The first kappa shape index (κ1) is 29.1. The number of H-pyrrole nitrogens is 1. The molecule has 0 amide bonds. The first-order chi connectivity index (χ1) is 19.3. The van der Waals surface area contributed by atoms with E-state index in [-0.39, 0.29) is 29.0 Å². The van der Waals surface area contributed by atoms with Crippen LogP contribution in [0.25, 0.3) is 22.4 Å². The fourth-order valence-electron chi connectivity index (χ4n) is 4.75. The molecule has 0 radical (unpaired) electrons. The van der Waals surface area contributed by atoms with Gasteiger partial charge in [-0.3, -0.25) is 14.7 Å². The molecule has 4 aromatic rings. The van der Waals surface area contributed by atoms with Crippen molar-refractivity contribution in [1.29, 1.82) is 0 Å². The van der Waals surface area contributed by atoms with Crippen molar-refractivity contribution in [2.75, 3.05) is 24.4 Å². The van der Waals surface area contributed by atoms with Crippen LogP contribution < -0.4 is 9.46 Å². The molecular formula is C27H29ClF2N6O4S. The lowest BCUT2D eigenvalue weighted by molar-refractivity contribution is -0.0192. The molecule has 0 bridgehead atoms. The molecule has 1 aliphatic heterocycles. The molecule has 2 aromatic heterocycles. The van der Waals surface area contributed by atoms with E-state index in [1.165, 1.54) is 18.2 Å². The van der Waals surface area contributed by atoms with E-state index in [0.29, 0.717) is 41.8 Å². The Balaban J connectivity index is 1.38. The molecule has 1 fully saturated rings. The maximum atomic E-state index is 15.2. The van der Waals surface area contributed by atoms with Crippen LogP contribution in [0.4, 0.5) is 14.5 Å². The number of benzene rings is 2. The zero-order chi connectivity index (χ0) is 29.5. The van der Waals surface area contributed by atoms with Crippen molar-refractivity contribution in [2.24, 2.45) is 0 Å². The van der Waals surface area contributed by atoms with Gasteiger partial charge >= 0.3 is 0 Å². The Labute approximate surface area is 240 Å². The molecule has 2 aromatic carbocycles. The van der Waals surface area contributed by atoms with Crippen molar-refractivity contribution >= 4 is 38.3 Å². The highest BCUT2D eigenvalue weighted by Gasteiger charge is 2.34. The number of ether oxygens (including phenoxy) is 1. The number of nitrogens with zero attached hydrogens (tertiary/aromatic N) is 4. The summed E-state index contributed by atoms with van der Waals surface area (Å²) in [6.45, 7) is 6.16. The highest BCUT2D eigenvalue weighted by molar-refractivity contribution is 7.92. The van der Waals surface area contributed by atoms with E-state index < -0.39 is 38.6 Å². The number of likely N-dealkylation sites (tertiary alicyclic amines) is 1. The zero-order valence-electron chi connectivity index (χ0n) is 22.5. The first-order valence-corrected chi connectivity index (χ1v) is 14.7. The van der Waals surface area contributed by atoms with Crippen LogP contribution in [0.5, 0.6) is 5.88 Å². The van der Waals surface area contributed by atoms with Gasteiger partial charge in [-0.25, -0.2) is 22.2 Å². The van der Waals surface area contributed by atoms with Crippen LogP contribution in [0.15, 0.2) is 47.4 Å². The predicted molar refractivity (Wildman–Crippen MR) is 151 cm³/mol. The second kappa shape index (κ2) is 11.1. The Kier molecular flexibility index (Phi) is 7.90. The van der Waals surface area contributed by atoms with Crippen LogP contribution in [0, 0.1) is 12.7 Å². The fourth-order valence-corrected chi connectivity index (χ4v) is 6.15. The molecular weight excluding hydrogens is 578 g/mol. The molecule has 0 unspecified atom stereocenters. The van der Waals surface area contributed by atoms with Gasteiger partial charge < -0.3 is 9.84 Å². The van der Waals surface area contributed by atoms with Crippen molar-refractivity contribution in [3.63, 3.8) is 0 Å². The predicted octanol–water partition coefficient (Wildman–Crippen LogP) is 4.48. The minimum atomic E-state index is -4.24. The third-order valence-electron chi connectivity index (χ3n) is 6.58. The Hall–Kier alpha value is -3.39. The molecule has 3 N–H and O–H groups in total. The Morgan fingerprint density at radius 1 is 1.22 bits per heavy atom. The van der Waals surface area contributed by atoms with E-state index in [1.807, 2.05) is 4.90 Å². The van der Waals surface area contributed by atoms with Crippen molar-refractivity contribution in [3.8, 4) is 17.3 Å². The van der Waals surface area contributed by atoms with E-state index in [9.17, 15) is 17.9 Å². The maximum Gasteiger partial charge on any atom is 0.264 e. The Bertz CT molecular complexity index is 1680. The molecule has 218 valence electrons. The van der Waals surface area contributed by atoms with Gasteiger partial charge in [-0.15, -0.1) is 0 Å². The standard InChI is InChI=1S/C27H29ClF2N6O4S/c1-15-23-25(34-33-15)31-24(32-26(23)40-21-10-11-36(13-20(21)30)14-27(2,3)37)16-4-7-18(8-5-16)35-41(38,39)22-12-17(28)6-9-19(22)29/h4-9,12,20-21,35,37H,10-11,13-14H2,1-3H3,(H,31,32,33,34)/t20-,21+/m0/s1. The number of sulfonamides is 1. The number of hydrogen-bond donors (Lipinski definition) is 3. The van der Waals surface area contributed by atoms with Gasteiger partial charge in [0.1, 0.15) is 28.4 Å². The molecule has 10 nitrogen and oxygen atoms in total. The van der Waals surface area contributed by atoms with Crippen LogP contribution >= 0.6 is 11.6 Å². The van der Waals surface area contributed by atoms with Gasteiger partial charge in [0.15, 0.2) is 11.5 Å². The third kappa shape index (κ3) is 6.58. The van der Waals surface area contributed by atoms with Crippen LogP contribution in [0.3, 0.4) is 0 Å². The number of aromatic nitrogens is 4. The van der Waals surface area contributed by atoms with Gasteiger partial charge in [0.05, 0.1) is 11.3 Å².